The highest BCUT2D eigenvalue weighted by molar-refractivity contribution is 6.23. The van der Waals surface area contributed by atoms with Crippen LogP contribution in [0, 0.1) is 0 Å². The van der Waals surface area contributed by atoms with Gasteiger partial charge in [0.2, 0.25) is 0 Å². The summed E-state index contributed by atoms with van der Waals surface area (Å²) in [6.07, 6.45) is 0. The van der Waals surface area contributed by atoms with Crippen molar-refractivity contribution in [2.24, 2.45) is 0 Å². The van der Waals surface area contributed by atoms with Gasteiger partial charge in [-0.1, -0.05) is 157 Å². The molecule has 9 aromatic carbocycles. The maximum atomic E-state index is 8.98. The van der Waals surface area contributed by atoms with Crippen LogP contribution in [-0.2, 0) is 0 Å². The van der Waals surface area contributed by atoms with Gasteiger partial charge in [-0.05, 0) is 95.7 Å². The Morgan fingerprint density at radius 2 is 0.898 bits per heavy atom. The summed E-state index contributed by atoms with van der Waals surface area (Å²) >= 11 is 0. The molecule has 0 aliphatic rings. The Bertz CT molecular complexity index is 3350. The highest BCUT2D eigenvalue weighted by Crippen LogP contribution is 2.46. The summed E-state index contributed by atoms with van der Waals surface area (Å²) in [6.45, 7) is 0. The Labute approximate surface area is 298 Å². The van der Waals surface area contributed by atoms with Gasteiger partial charge in [0.1, 0.15) is 11.2 Å². The molecule has 1 nitrogen and oxygen atoms in total. The molecule has 0 aliphatic carbocycles. The third kappa shape index (κ3) is 4.40. The number of hydrogen-bond acceptors (Lipinski definition) is 1. The molecule has 0 N–H and O–H groups in total. The zero-order valence-electron chi connectivity index (χ0n) is 36.0. The van der Waals surface area contributed by atoms with E-state index in [1.807, 2.05) is 54.6 Å². The van der Waals surface area contributed by atoms with E-state index >= 15 is 0 Å². The van der Waals surface area contributed by atoms with Gasteiger partial charge in [-0.2, -0.15) is 0 Å². The Balaban J connectivity index is 1.28. The molecule has 0 unspecified atom stereocenters. The number of benzene rings is 9. The number of fused-ring (bicyclic) bond motifs is 7. The third-order valence-electron chi connectivity index (χ3n) is 9.43. The van der Waals surface area contributed by atoms with Crippen molar-refractivity contribution in [2.45, 2.75) is 0 Å². The first-order valence-corrected chi connectivity index (χ1v) is 16.0. The summed E-state index contributed by atoms with van der Waals surface area (Å²) in [7, 11) is 0. The number of rotatable bonds is 4. The van der Waals surface area contributed by atoms with Crippen molar-refractivity contribution in [3.63, 3.8) is 0 Å². The van der Waals surface area contributed by atoms with Crippen molar-refractivity contribution in [1.29, 1.82) is 0 Å². The van der Waals surface area contributed by atoms with Crippen LogP contribution in [0.3, 0.4) is 0 Å². The second-order valence-electron chi connectivity index (χ2n) is 12.1. The van der Waals surface area contributed by atoms with Crippen molar-refractivity contribution in [1.82, 2.24) is 0 Å². The van der Waals surface area contributed by atoms with Crippen molar-refractivity contribution in [3.05, 3.63) is 182 Å². The standard InChI is InChI=1S/C48H30O/c1-3-13-31(14-4-1)36-26-24-34(29-43(36)32-15-5-2-6-16-32)46-38-19-9-11-21-40(38)47(41-22-12-10-20-39(41)46)35-25-28-45-44(30-35)42-27-23-33-17-7-8-18-37(33)48(42)49-45/h1-30H/i1D,2D,3D,4D,5D,6D,13D,14D,15D,16D. The summed E-state index contributed by atoms with van der Waals surface area (Å²) in [4.78, 5) is 0. The molecule has 49 heavy (non-hydrogen) atoms. The van der Waals surface area contributed by atoms with Crippen molar-refractivity contribution in [2.75, 3.05) is 0 Å². The number of furan rings is 1. The first-order chi connectivity index (χ1) is 28.5. The van der Waals surface area contributed by atoms with E-state index in [2.05, 4.69) is 48.5 Å². The van der Waals surface area contributed by atoms with Crippen molar-refractivity contribution >= 4 is 54.3 Å². The molecule has 0 atom stereocenters. The average molecular weight is 633 g/mol. The maximum absolute atomic E-state index is 8.98. The lowest BCUT2D eigenvalue weighted by Gasteiger charge is -2.19. The predicted octanol–water partition coefficient (Wildman–Crippen LogP) is 13.7. The van der Waals surface area contributed by atoms with E-state index < -0.39 is 60.4 Å². The monoisotopic (exact) mass is 632 g/mol. The van der Waals surface area contributed by atoms with Crippen LogP contribution in [0.4, 0.5) is 0 Å². The van der Waals surface area contributed by atoms with Gasteiger partial charge < -0.3 is 4.42 Å². The third-order valence-corrected chi connectivity index (χ3v) is 9.43. The minimum Gasteiger partial charge on any atom is -0.455 e. The molecular formula is C48H30O. The summed E-state index contributed by atoms with van der Waals surface area (Å²) in [5.41, 5.74) is 5.09. The van der Waals surface area contributed by atoms with Crippen LogP contribution >= 0.6 is 0 Å². The van der Waals surface area contributed by atoms with E-state index in [0.29, 0.717) is 5.56 Å². The first kappa shape index (κ1) is 19.4. The predicted molar refractivity (Wildman–Crippen MR) is 208 cm³/mol. The molecule has 10 rings (SSSR count). The van der Waals surface area contributed by atoms with Gasteiger partial charge in [0.25, 0.3) is 0 Å². The molecule has 0 amide bonds. The van der Waals surface area contributed by atoms with Crippen LogP contribution in [-0.4, -0.2) is 0 Å². The van der Waals surface area contributed by atoms with Crippen LogP contribution in [0.5, 0.6) is 0 Å². The van der Waals surface area contributed by atoms with Crippen LogP contribution in [0.15, 0.2) is 186 Å². The van der Waals surface area contributed by atoms with Crippen molar-refractivity contribution < 1.29 is 18.1 Å². The van der Waals surface area contributed by atoms with Crippen LogP contribution in [0.1, 0.15) is 13.7 Å². The largest absolute Gasteiger partial charge is 0.455 e. The van der Waals surface area contributed by atoms with Gasteiger partial charge in [-0.3, -0.25) is 0 Å². The normalized spacial score (nSPS) is 14.5. The SMILES string of the molecule is [2H]c1c([2H])c([2H])c(-c2ccc(-c3c4ccccc4c(-c4ccc5oc6c7ccccc7ccc6c5c4)c4ccccc34)cc2-c2c([2H])c([2H])c([2H])c([2H])c2[2H])c([2H])c1[2H]. The minimum atomic E-state index is -0.563. The molecule has 10 aromatic rings. The molecule has 0 fully saturated rings. The molecule has 228 valence electrons. The Kier molecular flexibility index (Phi) is 4.39. The van der Waals surface area contributed by atoms with Gasteiger partial charge >= 0.3 is 0 Å². The van der Waals surface area contributed by atoms with E-state index in [-0.39, 0.29) is 22.3 Å². The molecule has 0 saturated heterocycles. The summed E-state index contributed by atoms with van der Waals surface area (Å²) in [5.74, 6) is 0. The molecule has 0 aliphatic heterocycles. The molecule has 1 heteroatoms. The molecule has 0 bridgehead atoms. The lowest BCUT2D eigenvalue weighted by Crippen LogP contribution is -1.92. The lowest BCUT2D eigenvalue weighted by molar-refractivity contribution is 0.672. The average Bonchev–Trinajstić information content (AvgIpc) is 3.64. The zero-order valence-corrected chi connectivity index (χ0v) is 26.0. The fraction of sp³-hybridized carbons (Fsp3) is 0. The highest BCUT2D eigenvalue weighted by atomic mass is 16.3. The Morgan fingerprint density at radius 3 is 1.53 bits per heavy atom. The molecule has 1 aromatic heterocycles. The Morgan fingerprint density at radius 1 is 0.367 bits per heavy atom. The van der Waals surface area contributed by atoms with E-state index in [9.17, 15) is 0 Å². The maximum Gasteiger partial charge on any atom is 0.143 e. The van der Waals surface area contributed by atoms with Gasteiger partial charge in [0.05, 0.1) is 13.7 Å². The topological polar surface area (TPSA) is 13.1 Å². The second-order valence-corrected chi connectivity index (χ2v) is 12.1. The highest BCUT2D eigenvalue weighted by Gasteiger charge is 2.19. The van der Waals surface area contributed by atoms with Gasteiger partial charge in [-0.25, -0.2) is 0 Å². The van der Waals surface area contributed by atoms with Crippen LogP contribution in [0.25, 0.3) is 98.8 Å². The quantitative estimate of drug-likeness (QED) is 0.176. The fourth-order valence-electron chi connectivity index (χ4n) is 7.30. The van der Waals surface area contributed by atoms with Gasteiger partial charge in [-0.15, -0.1) is 0 Å². The first-order valence-electron chi connectivity index (χ1n) is 21.0. The molecule has 0 radical (unpaired) electrons. The molecule has 0 saturated carbocycles. The minimum absolute atomic E-state index is 0.135. The zero-order chi connectivity index (χ0) is 41.0. The van der Waals surface area contributed by atoms with E-state index in [1.54, 1.807) is 18.2 Å². The smallest absolute Gasteiger partial charge is 0.143 e. The van der Waals surface area contributed by atoms with Crippen LogP contribution in [0.2, 0.25) is 0 Å². The Hall–Kier alpha value is -6.44. The summed E-state index contributed by atoms with van der Waals surface area (Å²) in [6, 6.07) is 34.7. The molecule has 0 spiro atoms. The van der Waals surface area contributed by atoms with E-state index in [4.69, 9.17) is 18.1 Å². The van der Waals surface area contributed by atoms with Gasteiger partial charge in [0, 0.05) is 16.2 Å². The van der Waals surface area contributed by atoms with E-state index in [1.165, 1.54) is 0 Å². The molecular weight excluding hydrogens is 593 g/mol. The van der Waals surface area contributed by atoms with Gasteiger partial charge in [0.15, 0.2) is 0 Å². The van der Waals surface area contributed by atoms with Crippen molar-refractivity contribution in [3.8, 4) is 44.5 Å². The summed E-state index contributed by atoms with van der Waals surface area (Å²) < 4.78 is 92.5. The van der Waals surface area contributed by atoms with Crippen LogP contribution < -0.4 is 0 Å². The van der Waals surface area contributed by atoms with E-state index in [0.717, 1.165) is 70.9 Å². The second kappa shape index (κ2) is 11.1. The summed E-state index contributed by atoms with van der Waals surface area (Å²) in [5, 5.41) is 7.86. The number of hydrogen-bond donors (Lipinski definition) is 0. The fourth-order valence-corrected chi connectivity index (χ4v) is 7.30. The lowest BCUT2D eigenvalue weighted by atomic mass is 9.84. The molecule has 1 heterocycles.